The molecule has 0 bridgehead atoms. The normalized spacial score (nSPS) is 14.5. The van der Waals surface area contributed by atoms with Crippen LogP contribution in [0.2, 0.25) is 0 Å². The van der Waals surface area contributed by atoms with Crippen molar-refractivity contribution in [3.05, 3.63) is 33.7 Å². The molecule has 0 atom stereocenters. The van der Waals surface area contributed by atoms with Gasteiger partial charge in [-0.3, -0.25) is 9.59 Å². The number of aromatic amines is 1. The van der Waals surface area contributed by atoms with Crippen LogP contribution in [0.3, 0.4) is 0 Å². The Bertz CT molecular complexity index is 467. The van der Waals surface area contributed by atoms with Crippen molar-refractivity contribution in [2.45, 2.75) is 19.9 Å². The summed E-state index contributed by atoms with van der Waals surface area (Å²) in [5, 5.41) is 0. The second kappa shape index (κ2) is 5.14. The molecule has 1 amide bonds. The number of nitrogens with one attached hydrogen (secondary N) is 1. The lowest BCUT2D eigenvalue weighted by Gasteiger charge is -2.28. The van der Waals surface area contributed by atoms with Crippen molar-refractivity contribution < 1.29 is 9.53 Å². The smallest absolute Gasteiger partial charge is 0.248 e. The van der Waals surface area contributed by atoms with E-state index in [2.05, 4.69) is 4.98 Å². The van der Waals surface area contributed by atoms with Gasteiger partial charge in [0, 0.05) is 37.9 Å². The summed E-state index contributed by atoms with van der Waals surface area (Å²) in [4.78, 5) is 27.5. The summed E-state index contributed by atoms with van der Waals surface area (Å²) in [5.74, 6) is 0.00343. The van der Waals surface area contributed by atoms with E-state index in [4.69, 9.17) is 4.74 Å². The number of nitrogens with zero attached hydrogens (tertiary/aromatic N) is 1. The number of pyridine rings is 1. The van der Waals surface area contributed by atoms with Crippen molar-refractivity contribution >= 4 is 5.91 Å². The lowest BCUT2D eigenvalue weighted by molar-refractivity contribution is -0.136. The third kappa shape index (κ3) is 2.74. The summed E-state index contributed by atoms with van der Waals surface area (Å²) in [7, 11) is 0. The van der Waals surface area contributed by atoms with Crippen LogP contribution in [0.25, 0.3) is 0 Å². The summed E-state index contributed by atoms with van der Waals surface area (Å²) < 4.78 is 5.11. The maximum atomic E-state index is 11.8. The summed E-state index contributed by atoms with van der Waals surface area (Å²) >= 11 is 0. The van der Waals surface area contributed by atoms with Gasteiger partial charge in [-0.25, -0.2) is 0 Å². The Morgan fingerprint density at radius 3 is 3.12 bits per heavy atom. The molecule has 0 aliphatic carbocycles. The van der Waals surface area contributed by atoms with Crippen LogP contribution in [0.4, 0.5) is 0 Å². The highest BCUT2D eigenvalue weighted by molar-refractivity contribution is 5.77. The number of amides is 1. The van der Waals surface area contributed by atoms with Crippen molar-refractivity contribution in [2.24, 2.45) is 0 Å². The van der Waals surface area contributed by atoms with Gasteiger partial charge in [-0.05, 0) is 12.5 Å². The van der Waals surface area contributed by atoms with Gasteiger partial charge in [0.15, 0.2) is 0 Å². The van der Waals surface area contributed by atoms with Crippen molar-refractivity contribution in [1.82, 2.24) is 9.88 Å². The molecule has 5 heteroatoms. The van der Waals surface area contributed by atoms with Gasteiger partial charge in [0.1, 0.15) is 6.61 Å². The molecule has 1 N–H and O–H groups in total. The molecule has 17 heavy (non-hydrogen) atoms. The SMILES string of the molecule is CCOCC(=O)N1CCc2[nH]c(=O)ccc2C1. The van der Waals surface area contributed by atoms with Crippen molar-refractivity contribution in [2.75, 3.05) is 19.8 Å². The monoisotopic (exact) mass is 236 g/mol. The lowest BCUT2D eigenvalue weighted by Crippen LogP contribution is -2.39. The van der Waals surface area contributed by atoms with Gasteiger partial charge < -0.3 is 14.6 Å². The van der Waals surface area contributed by atoms with Crippen LogP contribution < -0.4 is 5.56 Å². The minimum atomic E-state index is -0.0853. The summed E-state index contributed by atoms with van der Waals surface area (Å²) in [6, 6.07) is 3.28. The Morgan fingerprint density at radius 1 is 1.53 bits per heavy atom. The fraction of sp³-hybridized carbons (Fsp3) is 0.500. The molecule has 0 saturated heterocycles. The molecular weight excluding hydrogens is 220 g/mol. The van der Waals surface area contributed by atoms with Gasteiger partial charge in [0.2, 0.25) is 11.5 Å². The van der Waals surface area contributed by atoms with Crippen LogP contribution in [0.5, 0.6) is 0 Å². The summed E-state index contributed by atoms with van der Waals surface area (Å²) in [6.45, 7) is 3.74. The maximum Gasteiger partial charge on any atom is 0.248 e. The number of aromatic nitrogens is 1. The zero-order valence-corrected chi connectivity index (χ0v) is 9.86. The van der Waals surface area contributed by atoms with Crippen LogP contribution in [-0.4, -0.2) is 35.5 Å². The molecule has 0 saturated carbocycles. The molecule has 5 nitrogen and oxygen atoms in total. The van der Waals surface area contributed by atoms with E-state index in [1.807, 2.05) is 6.92 Å². The molecule has 2 heterocycles. The van der Waals surface area contributed by atoms with E-state index in [0.29, 0.717) is 26.1 Å². The zero-order valence-electron chi connectivity index (χ0n) is 9.86. The molecule has 1 aliphatic heterocycles. The quantitative estimate of drug-likeness (QED) is 0.820. The molecule has 92 valence electrons. The minimum Gasteiger partial charge on any atom is -0.372 e. The van der Waals surface area contributed by atoms with Crippen LogP contribution in [0.15, 0.2) is 16.9 Å². The highest BCUT2D eigenvalue weighted by Crippen LogP contribution is 2.15. The highest BCUT2D eigenvalue weighted by atomic mass is 16.5. The van der Waals surface area contributed by atoms with Gasteiger partial charge in [-0.15, -0.1) is 0 Å². The molecule has 2 rings (SSSR count). The number of H-pyrrole nitrogens is 1. The van der Waals surface area contributed by atoms with Crippen LogP contribution >= 0.6 is 0 Å². The van der Waals surface area contributed by atoms with E-state index >= 15 is 0 Å². The van der Waals surface area contributed by atoms with Crippen molar-refractivity contribution in [1.29, 1.82) is 0 Å². The predicted octanol–water partition coefficient (Wildman–Crippen LogP) is 0.296. The first-order valence-electron chi connectivity index (χ1n) is 5.77. The Morgan fingerprint density at radius 2 is 2.35 bits per heavy atom. The third-order valence-electron chi connectivity index (χ3n) is 2.87. The van der Waals surface area contributed by atoms with Gasteiger partial charge in [0.25, 0.3) is 0 Å². The van der Waals surface area contributed by atoms with E-state index in [9.17, 15) is 9.59 Å². The fourth-order valence-corrected chi connectivity index (χ4v) is 1.94. The second-order valence-corrected chi connectivity index (χ2v) is 4.03. The third-order valence-corrected chi connectivity index (χ3v) is 2.87. The van der Waals surface area contributed by atoms with Gasteiger partial charge >= 0.3 is 0 Å². The second-order valence-electron chi connectivity index (χ2n) is 4.03. The largest absolute Gasteiger partial charge is 0.372 e. The summed E-state index contributed by atoms with van der Waals surface area (Å²) in [6.07, 6.45) is 0.698. The van der Waals surface area contributed by atoms with Crippen LogP contribution in [0.1, 0.15) is 18.2 Å². The molecule has 0 radical (unpaired) electrons. The Hall–Kier alpha value is -1.62. The van der Waals surface area contributed by atoms with Crippen molar-refractivity contribution in [3.63, 3.8) is 0 Å². The Kier molecular flexibility index (Phi) is 3.58. The Labute approximate surface area is 99.4 Å². The number of carbonyl (C=O) groups is 1. The first-order chi connectivity index (χ1) is 8.20. The standard InChI is InChI=1S/C12H16N2O3/c1-2-17-8-12(16)14-6-5-10-9(7-14)3-4-11(15)13-10/h3-4H,2,5-8H2,1H3,(H,13,15). The van der Waals surface area contributed by atoms with E-state index in [-0.39, 0.29) is 18.1 Å². The number of fused-ring (bicyclic) bond motifs is 1. The molecule has 1 aromatic heterocycles. The number of carbonyl (C=O) groups excluding carboxylic acids is 1. The molecular formula is C12H16N2O3. The van der Waals surface area contributed by atoms with Crippen LogP contribution in [-0.2, 0) is 22.5 Å². The van der Waals surface area contributed by atoms with E-state index in [1.54, 1.807) is 11.0 Å². The molecule has 1 aliphatic rings. The molecule has 0 unspecified atom stereocenters. The number of hydrogen-bond donors (Lipinski definition) is 1. The molecule has 0 aromatic carbocycles. The van der Waals surface area contributed by atoms with Gasteiger partial charge in [-0.2, -0.15) is 0 Å². The average Bonchev–Trinajstić information content (AvgIpc) is 2.35. The van der Waals surface area contributed by atoms with Gasteiger partial charge in [-0.1, -0.05) is 6.07 Å². The highest BCUT2D eigenvalue weighted by Gasteiger charge is 2.20. The lowest BCUT2D eigenvalue weighted by atomic mass is 10.1. The average molecular weight is 236 g/mol. The van der Waals surface area contributed by atoms with Crippen LogP contribution in [0, 0.1) is 0 Å². The molecule has 0 spiro atoms. The number of hydrogen-bond acceptors (Lipinski definition) is 3. The fourth-order valence-electron chi connectivity index (χ4n) is 1.94. The zero-order chi connectivity index (χ0) is 12.3. The van der Waals surface area contributed by atoms with Gasteiger partial charge in [0.05, 0.1) is 0 Å². The van der Waals surface area contributed by atoms with E-state index in [0.717, 1.165) is 11.3 Å². The number of ether oxygens (including phenoxy) is 1. The predicted molar refractivity (Wildman–Crippen MR) is 62.7 cm³/mol. The molecule has 1 aromatic rings. The number of rotatable bonds is 3. The molecule has 0 fully saturated rings. The Balaban J connectivity index is 2.06. The first-order valence-corrected chi connectivity index (χ1v) is 5.77. The summed E-state index contributed by atoms with van der Waals surface area (Å²) in [5.41, 5.74) is 1.87. The van der Waals surface area contributed by atoms with E-state index in [1.165, 1.54) is 6.07 Å². The minimum absolute atomic E-state index is 0.00343. The van der Waals surface area contributed by atoms with Crippen molar-refractivity contribution in [3.8, 4) is 0 Å². The first kappa shape index (κ1) is 11.9. The van der Waals surface area contributed by atoms with E-state index < -0.39 is 0 Å². The topological polar surface area (TPSA) is 62.4 Å². The maximum absolute atomic E-state index is 11.8.